The average Bonchev–Trinajstić information content (AvgIpc) is 3.04. The van der Waals surface area contributed by atoms with Gasteiger partial charge in [0.25, 0.3) is 0 Å². The summed E-state index contributed by atoms with van der Waals surface area (Å²) in [5.41, 5.74) is 8.64. The maximum atomic E-state index is 6.59. The molecule has 7 aromatic rings. The first kappa shape index (κ1) is 22.8. The van der Waals surface area contributed by atoms with Gasteiger partial charge in [0, 0.05) is 17.0 Å². The minimum absolute atomic E-state index is 0.0606. The summed E-state index contributed by atoms with van der Waals surface area (Å²) in [6, 6.07) is 54.4. The van der Waals surface area contributed by atoms with Crippen LogP contribution in [0, 0.1) is 0 Å². The lowest BCUT2D eigenvalue weighted by Crippen LogP contribution is -2.13. The van der Waals surface area contributed by atoms with Crippen molar-refractivity contribution in [3.05, 3.63) is 168 Å². The Hall–Kier alpha value is -5.14. The lowest BCUT2D eigenvalue weighted by atomic mass is 9.78. The largest absolute Gasteiger partial charge is 0.457 e. The van der Waals surface area contributed by atoms with E-state index in [0.717, 1.165) is 11.5 Å². The standard InChI is InChI=1S/C39H26O/c1-2-8-26(9-3-1)27-14-16-28(17-15-27)29-18-20-32(21-19-29)37-38-33-12-6-4-10-30(33)22-24-35(38)40-36-25-23-31-11-5-7-13-34(31)39(36)37/h1-25,37H. The van der Waals surface area contributed by atoms with Gasteiger partial charge in [-0.15, -0.1) is 0 Å². The molecule has 1 nitrogen and oxygen atoms in total. The van der Waals surface area contributed by atoms with Gasteiger partial charge in [-0.2, -0.15) is 0 Å². The van der Waals surface area contributed by atoms with Gasteiger partial charge in [0.15, 0.2) is 0 Å². The van der Waals surface area contributed by atoms with E-state index in [1.807, 2.05) is 0 Å². The van der Waals surface area contributed by atoms with Crippen LogP contribution in [0.15, 0.2) is 152 Å². The maximum absolute atomic E-state index is 6.59. The predicted molar refractivity (Wildman–Crippen MR) is 166 cm³/mol. The van der Waals surface area contributed by atoms with E-state index in [9.17, 15) is 0 Å². The van der Waals surface area contributed by atoms with Crippen molar-refractivity contribution in [3.8, 4) is 33.8 Å². The first-order valence-electron chi connectivity index (χ1n) is 13.8. The molecule has 0 fully saturated rings. The summed E-state index contributed by atoms with van der Waals surface area (Å²) in [5.74, 6) is 1.93. The SMILES string of the molecule is c1ccc(-c2ccc(-c3ccc(C4c5c(ccc6ccccc56)Oc5ccc6ccccc6c54)cc3)cc2)cc1. The molecule has 0 unspecified atom stereocenters. The van der Waals surface area contributed by atoms with Crippen LogP contribution in [0.2, 0.25) is 0 Å². The molecule has 0 aliphatic carbocycles. The molecule has 1 heterocycles. The van der Waals surface area contributed by atoms with E-state index >= 15 is 0 Å². The van der Waals surface area contributed by atoms with E-state index in [1.165, 1.54) is 60.5 Å². The quantitative estimate of drug-likeness (QED) is 0.230. The smallest absolute Gasteiger partial charge is 0.132 e. The first-order valence-corrected chi connectivity index (χ1v) is 13.8. The van der Waals surface area contributed by atoms with Crippen LogP contribution >= 0.6 is 0 Å². The molecule has 0 amide bonds. The number of hydrogen-bond acceptors (Lipinski definition) is 1. The van der Waals surface area contributed by atoms with Gasteiger partial charge in [0.2, 0.25) is 0 Å². The molecular formula is C39H26O. The monoisotopic (exact) mass is 510 g/mol. The fourth-order valence-electron chi connectivity index (χ4n) is 6.27. The molecule has 188 valence electrons. The van der Waals surface area contributed by atoms with E-state index in [4.69, 9.17) is 4.74 Å². The molecule has 0 N–H and O–H groups in total. The number of fused-ring (bicyclic) bond motifs is 6. The van der Waals surface area contributed by atoms with Crippen molar-refractivity contribution in [2.45, 2.75) is 5.92 Å². The van der Waals surface area contributed by atoms with Crippen LogP contribution < -0.4 is 4.74 Å². The second-order valence-corrected chi connectivity index (χ2v) is 10.5. The molecular weight excluding hydrogens is 484 g/mol. The van der Waals surface area contributed by atoms with E-state index in [0.29, 0.717) is 0 Å². The Morgan fingerprint density at radius 3 is 1.30 bits per heavy atom. The van der Waals surface area contributed by atoms with Crippen molar-refractivity contribution < 1.29 is 4.74 Å². The van der Waals surface area contributed by atoms with Crippen LogP contribution in [-0.4, -0.2) is 0 Å². The first-order chi connectivity index (χ1) is 19.8. The molecule has 1 aliphatic rings. The van der Waals surface area contributed by atoms with Gasteiger partial charge in [-0.25, -0.2) is 0 Å². The van der Waals surface area contributed by atoms with E-state index < -0.39 is 0 Å². The topological polar surface area (TPSA) is 9.23 Å². The lowest BCUT2D eigenvalue weighted by Gasteiger charge is -2.31. The maximum Gasteiger partial charge on any atom is 0.132 e. The number of ether oxygens (including phenoxy) is 1. The molecule has 0 radical (unpaired) electrons. The van der Waals surface area contributed by atoms with Gasteiger partial charge >= 0.3 is 0 Å². The lowest BCUT2D eigenvalue weighted by molar-refractivity contribution is 0.456. The summed E-state index contributed by atoms with van der Waals surface area (Å²) >= 11 is 0. The van der Waals surface area contributed by atoms with E-state index in [2.05, 4.69) is 152 Å². The van der Waals surface area contributed by atoms with Crippen LogP contribution in [0.3, 0.4) is 0 Å². The van der Waals surface area contributed by atoms with Crippen molar-refractivity contribution in [1.29, 1.82) is 0 Å². The van der Waals surface area contributed by atoms with Crippen molar-refractivity contribution >= 4 is 21.5 Å². The normalized spacial score (nSPS) is 12.6. The molecule has 0 aromatic heterocycles. The van der Waals surface area contributed by atoms with Crippen LogP contribution in [0.5, 0.6) is 11.5 Å². The molecule has 8 rings (SSSR count). The molecule has 1 heteroatoms. The molecule has 7 aromatic carbocycles. The Labute approximate surface area is 233 Å². The van der Waals surface area contributed by atoms with Crippen molar-refractivity contribution in [3.63, 3.8) is 0 Å². The second kappa shape index (κ2) is 9.25. The molecule has 0 saturated heterocycles. The number of hydrogen-bond donors (Lipinski definition) is 0. The Balaban J connectivity index is 1.27. The van der Waals surface area contributed by atoms with Crippen molar-refractivity contribution in [2.24, 2.45) is 0 Å². The molecule has 40 heavy (non-hydrogen) atoms. The van der Waals surface area contributed by atoms with E-state index in [1.54, 1.807) is 0 Å². The third-order valence-electron chi connectivity index (χ3n) is 8.23. The van der Waals surface area contributed by atoms with Gasteiger partial charge in [-0.1, -0.05) is 140 Å². The fraction of sp³-hybridized carbons (Fsp3) is 0.0256. The fourth-order valence-corrected chi connectivity index (χ4v) is 6.27. The summed E-state index contributed by atoms with van der Waals surface area (Å²) in [6.07, 6.45) is 0. The van der Waals surface area contributed by atoms with Crippen LogP contribution in [0.4, 0.5) is 0 Å². The highest BCUT2D eigenvalue weighted by molar-refractivity contribution is 5.95. The summed E-state index contributed by atoms with van der Waals surface area (Å²) in [7, 11) is 0. The minimum atomic E-state index is 0.0606. The summed E-state index contributed by atoms with van der Waals surface area (Å²) in [5, 5.41) is 4.94. The number of benzene rings is 7. The highest BCUT2D eigenvalue weighted by Gasteiger charge is 2.32. The van der Waals surface area contributed by atoms with Gasteiger partial charge < -0.3 is 4.74 Å². The minimum Gasteiger partial charge on any atom is -0.457 e. The highest BCUT2D eigenvalue weighted by Crippen LogP contribution is 2.52. The third kappa shape index (κ3) is 3.71. The van der Waals surface area contributed by atoms with Gasteiger partial charge in [0.05, 0.1) is 0 Å². The average molecular weight is 511 g/mol. The van der Waals surface area contributed by atoms with Gasteiger partial charge in [-0.05, 0) is 61.5 Å². The number of rotatable bonds is 3. The Bertz CT molecular complexity index is 1920. The molecule has 0 saturated carbocycles. The highest BCUT2D eigenvalue weighted by atomic mass is 16.5. The van der Waals surface area contributed by atoms with Gasteiger partial charge in [-0.3, -0.25) is 0 Å². The molecule has 0 spiro atoms. The second-order valence-electron chi connectivity index (χ2n) is 10.5. The van der Waals surface area contributed by atoms with Crippen LogP contribution in [0.25, 0.3) is 43.8 Å². The predicted octanol–water partition coefficient (Wildman–Crippen LogP) is 10.6. The Kier molecular flexibility index (Phi) is 5.28. The zero-order valence-corrected chi connectivity index (χ0v) is 21.9. The van der Waals surface area contributed by atoms with E-state index in [-0.39, 0.29) is 5.92 Å². The molecule has 0 atom stereocenters. The summed E-state index contributed by atoms with van der Waals surface area (Å²) in [4.78, 5) is 0. The summed E-state index contributed by atoms with van der Waals surface area (Å²) < 4.78 is 6.59. The molecule has 1 aliphatic heterocycles. The van der Waals surface area contributed by atoms with Crippen LogP contribution in [-0.2, 0) is 0 Å². The molecule has 0 bridgehead atoms. The zero-order chi connectivity index (χ0) is 26.5. The Morgan fingerprint density at radius 2 is 0.775 bits per heavy atom. The van der Waals surface area contributed by atoms with Crippen LogP contribution in [0.1, 0.15) is 22.6 Å². The third-order valence-corrected chi connectivity index (χ3v) is 8.23. The zero-order valence-electron chi connectivity index (χ0n) is 21.9. The van der Waals surface area contributed by atoms with Crippen molar-refractivity contribution in [2.75, 3.05) is 0 Å². The van der Waals surface area contributed by atoms with Crippen molar-refractivity contribution in [1.82, 2.24) is 0 Å². The Morgan fingerprint density at radius 1 is 0.350 bits per heavy atom. The van der Waals surface area contributed by atoms with Gasteiger partial charge in [0.1, 0.15) is 11.5 Å². The summed E-state index contributed by atoms with van der Waals surface area (Å²) in [6.45, 7) is 0.